The number of thioether (sulfide) groups is 1. The topological polar surface area (TPSA) is 103 Å². The second-order valence-corrected chi connectivity index (χ2v) is 9.86. The monoisotopic (exact) mass is 441 g/mol. The fourth-order valence-electron chi connectivity index (χ4n) is 4.13. The molecule has 0 bridgehead atoms. The van der Waals surface area contributed by atoms with E-state index in [4.69, 9.17) is 4.52 Å². The highest BCUT2D eigenvalue weighted by Crippen LogP contribution is 2.40. The smallest absolute Gasteiger partial charge is 0.270 e. The summed E-state index contributed by atoms with van der Waals surface area (Å²) >= 11 is 3.02. The van der Waals surface area contributed by atoms with E-state index in [1.54, 1.807) is 16.3 Å². The van der Waals surface area contributed by atoms with Crippen LogP contribution in [0.4, 0.5) is 5.69 Å². The summed E-state index contributed by atoms with van der Waals surface area (Å²) in [6.07, 6.45) is 5.08. The van der Waals surface area contributed by atoms with Gasteiger partial charge in [0.05, 0.1) is 17.4 Å². The van der Waals surface area contributed by atoms with Crippen LogP contribution in [-0.4, -0.2) is 31.4 Å². The minimum absolute atomic E-state index is 0.0324. The molecule has 6 rings (SSSR count). The van der Waals surface area contributed by atoms with Crippen molar-refractivity contribution >= 4 is 34.7 Å². The highest BCUT2D eigenvalue weighted by molar-refractivity contribution is 7.99. The van der Waals surface area contributed by atoms with Gasteiger partial charge in [0.25, 0.3) is 11.4 Å². The molecule has 8 nitrogen and oxygen atoms in total. The lowest BCUT2D eigenvalue weighted by Crippen LogP contribution is -2.30. The molecule has 1 fully saturated rings. The number of fused-ring (bicyclic) bond motifs is 2. The Morgan fingerprint density at radius 2 is 2.20 bits per heavy atom. The predicted octanol–water partition coefficient (Wildman–Crippen LogP) is 3.40. The van der Waals surface area contributed by atoms with Crippen LogP contribution in [0.3, 0.4) is 0 Å². The number of carbonyl (C=O) groups is 1. The van der Waals surface area contributed by atoms with E-state index in [-0.39, 0.29) is 23.9 Å². The summed E-state index contributed by atoms with van der Waals surface area (Å²) in [5.74, 6) is 2.15. The Bertz CT molecular complexity index is 1210. The first kappa shape index (κ1) is 18.3. The summed E-state index contributed by atoms with van der Waals surface area (Å²) in [4.78, 5) is 35.6. The summed E-state index contributed by atoms with van der Waals surface area (Å²) in [6, 6.07) is 1.67. The molecule has 3 aromatic rings. The van der Waals surface area contributed by atoms with Crippen LogP contribution >= 0.6 is 23.1 Å². The minimum atomic E-state index is -0.178. The Balaban J connectivity index is 1.20. The molecule has 1 N–H and O–H groups in total. The third kappa shape index (κ3) is 3.09. The van der Waals surface area contributed by atoms with Gasteiger partial charge in [-0.2, -0.15) is 4.98 Å². The second kappa shape index (κ2) is 7.05. The van der Waals surface area contributed by atoms with Crippen molar-refractivity contribution in [3.05, 3.63) is 38.9 Å². The average Bonchev–Trinajstić information content (AvgIpc) is 3.16. The number of anilines is 1. The van der Waals surface area contributed by atoms with Gasteiger partial charge in [-0.3, -0.25) is 14.2 Å². The number of aryl methyl sites for hydroxylation is 1. The molecule has 1 unspecified atom stereocenters. The molecule has 3 aromatic heterocycles. The Hall–Kier alpha value is -2.46. The predicted molar refractivity (Wildman–Crippen MR) is 113 cm³/mol. The van der Waals surface area contributed by atoms with E-state index < -0.39 is 0 Å². The number of nitrogens with one attached hydrogen (secondary N) is 1. The number of carbonyl (C=O) groups excluding carboxylic acids is 1. The zero-order valence-electron chi connectivity index (χ0n) is 16.1. The zero-order valence-corrected chi connectivity index (χ0v) is 17.7. The van der Waals surface area contributed by atoms with E-state index in [2.05, 4.69) is 20.4 Å². The molecule has 3 aliphatic rings. The normalized spacial score (nSPS) is 19.7. The first-order valence-corrected chi connectivity index (χ1v) is 12.0. The molecule has 2 aliphatic carbocycles. The highest BCUT2D eigenvalue weighted by Gasteiger charge is 2.32. The molecule has 10 heteroatoms. The Morgan fingerprint density at radius 1 is 1.30 bits per heavy atom. The van der Waals surface area contributed by atoms with Crippen LogP contribution in [0.25, 0.3) is 10.8 Å². The molecule has 1 saturated carbocycles. The number of rotatable bonds is 5. The highest BCUT2D eigenvalue weighted by atomic mass is 32.2. The molecular formula is C20H19N5O3S2. The van der Waals surface area contributed by atoms with Gasteiger partial charge >= 0.3 is 0 Å². The summed E-state index contributed by atoms with van der Waals surface area (Å²) in [5, 5.41) is 9.67. The van der Waals surface area contributed by atoms with E-state index in [0.29, 0.717) is 23.2 Å². The van der Waals surface area contributed by atoms with E-state index in [0.717, 1.165) is 59.2 Å². The SMILES string of the molecule is O=C(CC1CSc2nc3c(c(=O)n21)CCC3)Nc1ccsc1-c1nc(C2CC2)no1. The first-order chi connectivity index (χ1) is 14.7. The van der Waals surface area contributed by atoms with Gasteiger partial charge in [0.2, 0.25) is 5.91 Å². The molecule has 0 saturated heterocycles. The van der Waals surface area contributed by atoms with E-state index >= 15 is 0 Å². The average molecular weight is 442 g/mol. The summed E-state index contributed by atoms with van der Waals surface area (Å²) in [7, 11) is 0. The van der Waals surface area contributed by atoms with Crippen molar-refractivity contribution in [1.29, 1.82) is 0 Å². The maximum Gasteiger partial charge on any atom is 0.270 e. The number of nitrogens with zero attached hydrogens (tertiary/aromatic N) is 4. The lowest BCUT2D eigenvalue weighted by Gasteiger charge is -2.14. The molecular weight excluding hydrogens is 422 g/mol. The van der Waals surface area contributed by atoms with Crippen molar-refractivity contribution in [3.8, 4) is 10.8 Å². The molecule has 0 aromatic carbocycles. The summed E-state index contributed by atoms with van der Waals surface area (Å²) in [6.45, 7) is 0. The van der Waals surface area contributed by atoms with Crippen LogP contribution in [0.5, 0.6) is 0 Å². The van der Waals surface area contributed by atoms with Gasteiger partial charge in [-0.15, -0.1) is 11.3 Å². The zero-order chi connectivity index (χ0) is 20.2. The van der Waals surface area contributed by atoms with Gasteiger partial charge in [0.15, 0.2) is 11.0 Å². The van der Waals surface area contributed by atoms with Gasteiger partial charge in [-0.1, -0.05) is 16.9 Å². The maximum absolute atomic E-state index is 12.9. The third-order valence-corrected chi connectivity index (χ3v) is 7.81. The molecule has 154 valence electrons. The molecule has 0 radical (unpaired) electrons. The van der Waals surface area contributed by atoms with Crippen LogP contribution in [0.2, 0.25) is 0 Å². The van der Waals surface area contributed by atoms with Gasteiger partial charge in [-0.25, -0.2) is 4.98 Å². The number of aromatic nitrogens is 4. The lowest BCUT2D eigenvalue weighted by atomic mass is 10.2. The summed E-state index contributed by atoms with van der Waals surface area (Å²) in [5.41, 5.74) is 2.47. The van der Waals surface area contributed by atoms with E-state index in [1.165, 1.54) is 11.3 Å². The molecule has 4 heterocycles. The maximum atomic E-state index is 12.9. The van der Waals surface area contributed by atoms with Gasteiger partial charge in [0.1, 0.15) is 4.88 Å². The number of amides is 1. The van der Waals surface area contributed by atoms with Gasteiger partial charge in [-0.05, 0) is 43.6 Å². The second-order valence-electron chi connectivity index (χ2n) is 7.96. The van der Waals surface area contributed by atoms with Crippen LogP contribution in [0.15, 0.2) is 25.9 Å². The largest absolute Gasteiger partial charge is 0.333 e. The molecule has 1 amide bonds. The van der Waals surface area contributed by atoms with Crippen molar-refractivity contribution in [2.45, 2.75) is 55.6 Å². The van der Waals surface area contributed by atoms with Crippen molar-refractivity contribution in [2.75, 3.05) is 11.1 Å². The minimum Gasteiger partial charge on any atom is -0.333 e. The Labute approximate surface area is 180 Å². The van der Waals surface area contributed by atoms with Crippen molar-refractivity contribution in [1.82, 2.24) is 19.7 Å². The number of hydrogen-bond donors (Lipinski definition) is 1. The van der Waals surface area contributed by atoms with Gasteiger partial charge < -0.3 is 9.84 Å². The number of hydrogen-bond acceptors (Lipinski definition) is 8. The quantitative estimate of drug-likeness (QED) is 0.605. The number of thiophene rings is 1. The lowest BCUT2D eigenvalue weighted by molar-refractivity contribution is -0.116. The Kier molecular flexibility index (Phi) is 4.31. The van der Waals surface area contributed by atoms with Crippen molar-refractivity contribution < 1.29 is 9.32 Å². The molecule has 1 atom stereocenters. The standard InChI is InChI=1S/C20H19N5O3S2/c26-15(8-11-9-30-20-22-13-3-1-2-12(13)19(27)25(11)20)21-14-6-7-29-16(14)18-23-17(24-28-18)10-4-5-10/h6-7,10-11H,1-5,8-9H2,(H,21,26). The van der Waals surface area contributed by atoms with Crippen LogP contribution in [0.1, 0.15) is 54.7 Å². The first-order valence-electron chi connectivity index (χ1n) is 10.2. The summed E-state index contributed by atoms with van der Waals surface area (Å²) < 4.78 is 7.14. The van der Waals surface area contributed by atoms with Crippen LogP contribution in [-0.2, 0) is 17.6 Å². The van der Waals surface area contributed by atoms with Crippen molar-refractivity contribution in [3.63, 3.8) is 0 Å². The van der Waals surface area contributed by atoms with Crippen molar-refractivity contribution in [2.24, 2.45) is 0 Å². The van der Waals surface area contributed by atoms with Crippen LogP contribution in [0, 0.1) is 0 Å². The Morgan fingerprint density at radius 3 is 3.07 bits per heavy atom. The van der Waals surface area contributed by atoms with Crippen LogP contribution < -0.4 is 10.9 Å². The fraction of sp³-hybridized carbons (Fsp3) is 0.450. The molecule has 30 heavy (non-hydrogen) atoms. The third-order valence-electron chi connectivity index (χ3n) is 5.81. The molecule has 0 spiro atoms. The molecule has 1 aliphatic heterocycles. The van der Waals surface area contributed by atoms with E-state index in [1.807, 2.05) is 11.4 Å². The van der Waals surface area contributed by atoms with Gasteiger partial charge in [0, 0.05) is 23.7 Å². The fourth-order valence-corrected chi connectivity index (χ4v) is 6.05. The van der Waals surface area contributed by atoms with E-state index in [9.17, 15) is 9.59 Å².